The van der Waals surface area contributed by atoms with Gasteiger partial charge in [0.2, 0.25) is 0 Å². The molecule has 14 heavy (non-hydrogen) atoms. The van der Waals surface area contributed by atoms with Gasteiger partial charge in [-0.25, -0.2) is 0 Å². The van der Waals surface area contributed by atoms with Gasteiger partial charge in [0.25, 0.3) is 0 Å². The number of rotatable bonds is 2. The number of benzene rings is 1. The molecule has 0 bridgehead atoms. The van der Waals surface area contributed by atoms with E-state index in [1.165, 1.54) is 0 Å². The summed E-state index contributed by atoms with van der Waals surface area (Å²) in [6.07, 6.45) is 0.953. The Hall–Kier alpha value is -0.505. The molecular weight excluding hydrogens is 198 g/mol. The molecule has 0 amide bonds. The van der Waals surface area contributed by atoms with Gasteiger partial charge in [-0.1, -0.05) is 30.3 Å². The molecule has 2 nitrogen and oxygen atoms in total. The van der Waals surface area contributed by atoms with Gasteiger partial charge in [-0.2, -0.15) is 0 Å². The SMILES string of the molecule is ClC(B1OCCCO1)c1ccccc1. The first-order valence-corrected chi connectivity index (χ1v) is 5.24. The van der Waals surface area contributed by atoms with E-state index in [4.69, 9.17) is 20.9 Å². The van der Waals surface area contributed by atoms with E-state index in [9.17, 15) is 0 Å². The fraction of sp³-hybridized carbons (Fsp3) is 0.400. The third-order valence-electron chi connectivity index (χ3n) is 2.21. The van der Waals surface area contributed by atoms with Crippen molar-refractivity contribution >= 4 is 18.7 Å². The highest BCUT2D eigenvalue weighted by molar-refractivity contribution is 6.59. The van der Waals surface area contributed by atoms with Crippen LogP contribution in [-0.2, 0) is 9.31 Å². The van der Waals surface area contributed by atoms with Crippen LogP contribution >= 0.6 is 11.6 Å². The normalized spacial score (nSPS) is 19.4. The molecule has 74 valence electrons. The summed E-state index contributed by atoms with van der Waals surface area (Å²) >= 11 is 6.24. The summed E-state index contributed by atoms with van der Waals surface area (Å²) in [6.45, 7) is 1.47. The zero-order valence-corrected chi connectivity index (χ0v) is 8.61. The molecule has 1 aromatic rings. The van der Waals surface area contributed by atoms with Crippen molar-refractivity contribution in [2.75, 3.05) is 13.2 Å². The molecule has 1 aliphatic rings. The maximum absolute atomic E-state index is 6.24. The lowest BCUT2D eigenvalue weighted by atomic mass is 9.79. The van der Waals surface area contributed by atoms with Crippen LogP contribution in [0.15, 0.2) is 30.3 Å². The minimum Gasteiger partial charge on any atom is -0.410 e. The summed E-state index contributed by atoms with van der Waals surface area (Å²) in [7, 11) is -0.298. The highest BCUT2D eigenvalue weighted by atomic mass is 35.5. The molecule has 1 aliphatic heterocycles. The molecule has 1 unspecified atom stereocenters. The molecule has 1 atom stereocenters. The average Bonchev–Trinajstić information content (AvgIpc) is 2.30. The van der Waals surface area contributed by atoms with E-state index in [2.05, 4.69) is 0 Å². The highest BCUT2D eigenvalue weighted by Crippen LogP contribution is 2.25. The van der Waals surface area contributed by atoms with Crippen molar-refractivity contribution in [1.29, 1.82) is 0 Å². The Balaban J connectivity index is 2.03. The van der Waals surface area contributed by atoms with E-state index in [1.807, 2.05) is 30.3 Å². The molecule has 0 saturated carbocycles. The quantitative estimate of drug-likeness (QED) is 0.551. The lowest BCUT2D eigenvalue weighted by molar-refractivity contribution is 0.132. The predicted molar refractivity (Wildman–Crippen MR) is 57.3 cm³/mol. The van der Waals surface area contributed by atoms with Crippen LogP contribution in [0.5, 0.6) is 0 Å². The summed E-state index contributed by atoms with van der Waals surface area (Å²) in [4.78, 5) is 0. The topological polar surface area (TPSA) is 18.5 Å². The molecule has 0 aromatic heterocycles. The van der Waals surface area contributed by atoms with Crippen LogP contribution in [0, 0.1) is 0 Å². The van der Waals surface area contributed by atoms with Gasteiger partial charge in [-0.3, -0.25) is 0 Å². The number of hydrogen-bond acceptors (Lipinski definition) is 2. The van der Waals surface area contributed by atoms with Gasteiger partial charge < -0.3 is 9.31 Å². The molecule has 0 spiro atoms. The Kier molecular flexibility index (Phi) is 3.46. The zero-order chi connectivity index (χ0) is 9.80. The third kappa shape index (κ3) is 2.29. The number of halogens is 1. The molecule has 0 radical (unpaired) electrons. The molecule has 2 rings (SSSR count). The Bertz CT molecular complexity index is 275. The molecule has 1 saturated heterocycles. The Morgan fingerprint density at radius 2 is 1.79 bits per heavy atom. The van der Waals surface area contributed by atoms with Crippen LogP contribution in [0.4, 0.5) is 0 Å². The maximum Gasteiger partial charge on any atom is 0.480 e. The van der Waals surface area contributed by atoms with Gasteiger partial charge in [0.05, 0.1) is 5.28 Å². The predicted octanol–water partition coefficient (Wildman–Crippen LogP) is 2.43. The highest BCUT2D eigenvalue weighted by Gasteiger charge is 2.31. The Labute approximate surface area is 89.3 Å². The molecule has 0 N–H and O–H groups in total. The minimum atomic E-state index is -0.298. The second-order valence-electron chi connectivity index (χ2n) is 3.28. The lowest BCUT2D eigenvalue weighted by Gasteiger charge is -2.23. The van der Waals surface area contributed by atoms with Gasteiger partial charge in [0.1, 0.15) is 0 Å². The zero-order valence-electron chi connectivity index (χ0n) is 7.86. The van der Waals surface area contributed by atoms with E-state index >= 15 is 0 Å². The molecule has 1 fully saturated rings. The second kappa shape index (κ2) is 4.83. The number of alkyl halides is 1. The van der Waals surface area contributed by atoms with E-state index in [0.717, 1.165) is 25.2 Å². The second-order valence-corrected chi connectivity index (χ2v) is 3.75. The van der Waals surface area contributed by atoms with Gasteiger partial charge in [-0.15, -0.1) is 11.6 Å². The standard InChI is InChI=1S/C10H12BClO2/c12-10(9-5-2-1-3-6-9)11-13-7-4-8-14-11/h1-3,5-6,10H,4,7-8H2. The fourth-order valence-electron chi connectivity index (χ4n) is 1.47. The average molecular weight is 210 g/mol. The smallest absolute Gasteiger partial charge is 0.410 e. The fourth-order valence-corrected chi connectivity index (χ4v) is 1.76. The summed E-state index contributed by atoms with van der Waals surface area (Å²) in [5.74, 6) is 0. The maximum atomic E-state index is 6.24. The van der Waals surface area contributed by atoms with E-state index < -0.39 is 0 Å². The van der Waals surface area contributed by atoms with Crippen molar-refractivity contribution in [1.82, 2.24) is 0 Å². The lowest BCUT2D eigenvalue weighted by Crippen LogP contribution is -2.33. The van der Waals surface area contributed by atoms with Crippen LogP contribution in [-0.4, -0.2) is 20.3 Å². The molecule has 1 aromatic carbocycles. The molecule has 1 heterocycles. The Morgan fingerprint density at radius 1 is 1.14 bits per heavy atom. The molecular formula is C10H12BClO2. The van der Waals surface area contributed by atoms with Crippen LogP contribution in [0.1, 0.15) is 17.3 Å². The first kappa shape index (κ1) is 10.0. The van der Waals surface area contributed by atoms with Crippen molar-refractivity contribution in [3.63, 3.8) is 0 Å². The first-order chi connectivity index (χ1) is 6.88. The Morgan fingerprint density at radius 3 is 2.43 bits per heavy atom. The minimum absolute atomic E-state index is 0.212. The van der Waals surface area contributed by atoms with Gasteiger partial charge >= 0.3 is 7.12 Å². The molecule has 4 heteroatoms. The van der Waals surface area contributed by atoms with Gasteiger partial charge in [-0.05, 0) is 12.0 Å². The molecule has 0 aliphatic carbocycles. The van der Waals surface area contributed by atoms with Gasteiger partial charge in [0.15, 0.2) is 0 Å². The van der Waals surface area contributed by atoms with Crippen molar-refractivity contribution < 1.29 is 9.31 Å². The van der Waals surface area contributed by atoms with Crippen molar-refractivity contribution in [2.45, 2.75) is 11.7 Å². The number of hydrogen-bond donors (Lipinski definition) is 0. The van der Waals surface area contributed by atoms with Crippen molar-refractivity contribution in [2.24, 2.45) is 0 Å². The van der Waals surface area contributed by atoms with Gasteiger partial charge in [0, 0.05) is 13.2 Å². The van der Waals surface area contributed by atoms with E-state index in [1.54, 1.807) is 0 Å². The third-order valence-corrected chi connectivity index (χ3v) is 2.67. The van der Waals surface area contributed by atoms with Crippen LogP contribution in [0.2, 0.25) is 0 Å². The van der Waals surface area contributed by atoms with Crippen LogP contribution < -0.4 is 0 Å². The summed E-state index contributed by atoms with van der Waals surface area (Å²) in [5.41, 5.74) is 1.04. The summed E-state index contributed by atoms with van der Waals surface area (Å²) < 4.78 is 10.9. The van der Waals surface area contributed by atoms with Crippen molar-refractivity contribution in [3.8, 4) is 0 Å². The van der Waals surface area contributed by atoms with Crippen molar-refractivity contribution in [3.05, 3.63) is 35.9 Å². The largest absolute Gasteiger partial charge is 0.480 e. The summed E-state index contributed by atoms with van der Waals surface area (Å²) in [6, 6.07) is 9.87. The van der Waals surface area contributed by atoms with E-state index in [0.29, 0.717) is 0 Å². The van der Waals surface area contributed by atoms with E-state index in [-0.39, 0.29) is 12.4 Å². The monoisotopic (exact) mass is 210 g/mol. The summed E-state index contributed by atoms with van der Waals surface area (Å²) in [5, 5.41) is -0.212. The van der Waals surface area contributed by atoms with Crippen LogP contribution in [0.25, 0.3) is 0 Å². The van der Waals surface area contributed by atoms with Crippen LogP contribution in [0.3, 0.4) is 0 Å². The first-order valence-electron chi connectivity index (χ1n) is 4.80.